The Hall–Kier alpha value is -1.36. The van der Waals surface area contributed by atoms with E-state index in [1.165, 1.54) is 0 Å². The zero-order valence-corrected chi connectivity index (χ0v) is 12.2. The fourth-order valence-electron chi connectivity index (χ4n) is 2.20. The third-order valence-corrected chi connectivity index (χ3v) is 4.08. The molecule has 2 heterocycles. The molecule has 19 heavy (non-hydrogen) atoms. The number of hydrogen-bond donors (Lipinski definition) is 1. The van der Waals surface area contributed by atoms with E-state index in [0.29, 0.717) is 31.8 Å². The molecular formula is C14H20N2O2S. The molecule has 1 aliphatic heterocycles. The van der Waals surface area contributed by atoms with Crippen LogP contribution in [0.25, 0.3) is 0 Å². The molecule has 1 aromatic heterocycles. The van der Waals surface area contributed by atoms with Gasteiger partial charge in [-0.15, -0.1) is 11.3 Å². The van der Waals surface area contributed by atoms with Crippen molar-refractivity contribution in [3.05, 3.63) is 22.4 Å². The molecule has 2 rings (SSSR count). The average Bonchev–Trinajstić information content (AvgIpc) is 2.98. The van der Waals surface area contributed by atoms with Crippen LogP contribution in [0.5, 0.6) is 0 Å². The van der Waals surface area contributed by atoms with Crippen LogP contribution >= 0.6 is 11.3 Å². The molecule has 1 N–H and O–H groups in total. The SMILES string of the molecule is CC(C)CNC(=O)[C@@H]1CCC(=O)N1Cc1cccs1. The highest BCUT2D eigenvalue weighted by Gasteiger charge is 2.35. The van der Waals surface area contributed by atoms with Gasteiger partial charge in [0.1, 0.15) is 6.04 Å². The summed E-state index contributed by atoms with van der Waals surface area (Å²) < 4.78 is 0. The lowest BCUT2D eigenvalue weighted by molar-refractivity contribution is -0.135. The molecule has 104 valence electrons. The largest absolute Gasteiger partial charge is 0.354 e. The van der Waals surface area contributed by atoms with E-state index in [1.807, 2.05) is 17.5 Å². The van der Waals surface area contributed by atoms with Crippen molar-refractivity contribution in [2.45, 2.75) is 39.3 Å². The van der Waals surface area contributed by atoms with Crippen LogP contribution in [-0.2, 0) is 16.1 Å². The van der Waals surface area contributed by atoms with Crippen LogP contribution in [0.1, 0.15) is 31.6 Å². The van der Waals surface area contributed by atoms with E-state index in [4.69, 9.17) is 0 Å². The molecule has 0 aliphatic carbocycles. The van der Waals surface area contributed by atoms with Crippen molar-refractivity contribution in [3.8, 4) is 0 Å². The van der Waals surface area contributed by atoms with Crippen molar-refractivity contribution >= 4 is 23.2 Å². The first-order valence-electron chi connectivity index (χ1n) is 6.67. The Morgan fingerprint density at radius 2 is 2.37 bits per heavy atom. The molecular weight excluding hydrogens is 260 g/mol. The van der Waals surface area contributed by atoms with Crippen LogP contribution in [0, 0.1) is 5.92 Å². The molecule has 1 aromatic rings. The van der Waals surface area contributed by atoms with Gasteiger partial charge in [-0.1, -0.05) is 19.9 Å². The average molecular weight is 280 g/mol. The van der Waals surface area contributed by atoms with E-state index < -0.39 is 0 Å². The minimum Gasteiger partial charge on any atom is -0.354 e. The Morgan fingerprint density at radius 3 is 3.00 bits per heavy atom. The van der Waals surface area contributed by atoms with Crippen molar-refractivity contribution in [1.82, 2.24) is 10.2 Å². The van der Waals surface area contributed by atoms with Crippen molar-refractivity contribution in [2.24, 2.45) is 5.92 Å². The summed E-state index contributed by atoms with van der Waals surface area (Å²) in [6.07, 6.45) is 1.11. The maximum Gasteiger partial charge on any atom is 0.242 e. The maximum atomic E-state index is 12.1. The first-order valence-corrected chi connectivity index (χ1v) is 7.55. The lowest BCUT2D eigenvalue weighted by Gasteiger charge is -2.23. The second kappa shape index (κ2) is 6.19. The highest BCUT2D eigenvalue weighted by molar-refractivity contribution is 7.09. The van der Waals surface area contributed by atoms with Crippen LogP contribution in [0.4, 0.5) is 0 Å². The number of likely N-dealkylation sites (tertiary alicyclic amines) is 1. The summed E-state index contributed by atoms with van der Waals surface area (Å²) in [5, 5.41) is 4.91. The fraction of sp³-hybridized carbons (Fsp3) is 0.571. The predicted molar refractivity (Wildman–Crippen MR) is 75.7 cm³/mol. The van der Waals surface area contributed by atoms with Gasteiger partial charge in [0, 0.05) is 17.8 Å². The van der Waals surface area contributed by atoms with E-state index >= 15 is 0 Å². The molecule has 1 aliphatic rings. The Bertz CT molecular complexity index is 442. The molecule has 0 aromatic carbocycles. The molecule has 0 bridgehead atoms. The standard InChI is InChI=1S/C14H20N2O2S/c1-10(2)8-15-14(18)12-5-6-13(17)16(12)9-11-4-3-7-19-11/h3-4,7,10,12H,5-6,8-9H2,1-2H3,(H,15,18)/t12-/m0/s1. The third kappa shape index (κ3) is 3.56. The summed E-state index contributed by atoms with van der Waals surface area (Å²) in [4.78, 5) is 26.9. The normalized spacial score (nSPS) is 19.2. The number of nitrogens with zero attached hydrogens (tertiary/aromatic N) is 1. The molecule has 0 spiro atoms. The number of nitrogens with one attached hydrogen (secondary N) is 1. The highest BCUT2D eigenvalue weighted by Crippen LogP contribution is 2.23. The molecule has 1 saturated heterocycles. The Morgan fingerprint density at radius 1 is 1.58 bits per heavy atom. The summed E-state index contributed by atoms with van der Waals surface area (Å²) >= 11 is 1.62. The molecule has 1 fully saturated rings. The summed E-state index contributed by atoms with van der Waals surface area (Å²) in [6, 6.07) is 3.67. The molecule has 0 saturated carbocycles. The maximum absolute atomic E-state index is 12.1. The van der Waals surface area contributed by atoms with Gasteiger partial charge in [-0.3, -0.25) is 9.59 Å². The van der Waals surface area contributed by atoms with Gasteiger partial charge in [-0.05, 0) is 23.8 Å². The first-order chi connectivity index (χ1) is 9.08. The number of thiophene rings is 1. The fourth-order valence-corrected chi connectivity index (χ4v) is 2.90. The summed E-state index contributed by atoms with van der Waals surface area (Å²) in [5.41, 5.74) is 0. The van der Waals surface area contributed by atoms with Crippen LogP contribution < -0.4 is 5.32 Å². The second-order valence-corrected chi connectivity index (χ2v) is 6.33. The molecule has 0 radical (unpaired) electrons. The summed E-state index contributed by atoms with van der Waals surface area (Å²) in [7, 11) is 0. The third-order valence-electron chi connectivity index (χ3n) is 3.22. The van der Waals surface area contributed by atoms with E-state index in [2.05, 4.69) is 19.2 Å². The van der Waals surface area contributed by atoms with E-state index in [-0.39, 0.29) is 17.9 Å². The van der Waals surface area contributed by atoms with Crippen LogP contribution in [-0.4, -0.2) is 29.3 Å². The van der Waals surface area contributed by atoms with Gasteiger partial charge in [0.05, 0.1) is 6.54 Å². The smallest absolute Gasteiger partial charge is 0.242 e. The van der Waals surface area contributed by atoms with E-state index in [1.54, 1.807) is 16.2 Å². The molecule has 1 atom stereocenters. The Kier molecular flexibility index (Phi) is 4.58. The lowest BCUT2D eigenvalue weighted by Crippen LogP contribution is -2.45. The van der Waals surface area contributed by atoms with Gasteiger partial charge in [0.2, 0.25) is 11.8 Å². The summed E-state index contributed by atoms with van der Waals surface area (Å²) in [6.45, 7) is 5.33. The number of carbonyl (C=O) groups is 2. The lowest BCUT2D eigenvalue weighted by atomic mass is 10.2. The molecule has 2 amide bonds. The van der Waals surface area contributed by atoms with Crippen molar-refractivity contribution in [3.63, 3.8) is 0 Å². The summed E-state index contributed by atoms with van der Waals surface area (Å²) in [5.74, 6) is 0.487. The van der Waals surface area contributed by atoms with Crippen molar-refractivity contribution < 1.29 is 9.59 Å². The van der Waals surface area contributed by atoms with Crippen LogP contribution in [0.3, 0.4) is 0 Å². The minimum absolute atomic E-state index is 0.0175. The zero-order chi connectivity index (χ0) is 13.8. The molecule has 5 heteroatoms. The van der Waals surface area contributed by atoms with Crippen LogP contribution in [0.15, 0.2) is 17.5 Å². The molecule has 0 unspecified atom stereocenters. The van der Waals surface area contributed by atoms with E-state index in [0.717, 1.165) is 4.88 Å². The quantitative estimate of drug-likeness (QED) is 0.897. The van der Waals surface area contributed by atoms with Gasteiger partial charge in [0.25, 0.3) is 0 Å². The number of amides is 2. The minimum atomic E-state index is -0.298. The molecule has 4 nitrogen and oxygen atoms in total. The van der Waals surface area contributed by atoms with Gasteiger partial charge in [-0.25, -0.2) is 0 Å². The van der Waals surface area contributed by atoms with Gasteiger partial charge in [-0.2, -0.15) is 0 Å². The Balaban J connectivity index is 1.98. The van der Waals surface area contributed by atoms with Gasteiger partial charge in [0.15, 0.2) is 0 Å². The monoisotopic (exact) mass is 280 g/mol. The number of rotatable bonds is 5. The second-order valence-electron chi connectivity index (χ2n) is 5.29. The van der Waals surface area contributed by atoms with Crippen LogP contribution in [0.2, 0.25) is 0 Å². The van der Waals surface area contributed by atoms with Gasteiger partial charge < -0.3 is 10.2 Å². The number of carbonyl (C=O) groups excluding carboxylic acids is 2. The van der Waals surface area contributed by atoms with E-state index in [9.17, 15) is 9.59 Å². The first kappa shape index (κ1) is 14.1. The highest BCUT2D eigenvalue weighted by atomic mass is 32.1. The zero-order valence-electron chi connectivity index (χ0n) is 11.4. The Labute approximate surface area is 117 Å². The van der Waals surface area contributed by atoms with Crippen molar-refractivity contribution in [1.29, 1.82) is 0 Å². The van der Waals surface area contributed by atoms with Crippen molar-refractivity contribution in [2.75, 3.05) is 6.54 Å². The predicted octanol–water partition coefficient (Wildman–Crippen LogP) is 2.01. The topological polar surface area (TPSA) is 49.4 Å². The number of hydrogen-bond acceptors (Lipinski definition) is 3. The van der Waals surface area contributed by atoms with Gasteiger partial charge >= 0.3 is 0 Å².